The van der Waals surface area contributed by atoms with Crippen molar-refractivity contribution in [2.24, 2.45) is 0 Å². The van der Waals surface area contributed by atoms with Gasteiger partial charge in [0.1, 0.15) is 0 Å². The molecular weight excluding hydrogens is 341 g/mol. The van der Waals surface area contributed by atoms with E-state index in [9.17, 15) is 10.0 Å². The van der Waals surface area contributed by atoms with Crippen LogP contribution in [-0.2, 0) is 4.79 Å². The number of nitrogens with zero attached hydrogens (tertiary/aromatic N) is 1. The van der Waals surface area contributed by atoms with Crippen molar-refractivity contribution in [3.63, 3.8) is 0 Å². The van der Waals surface area contributed by atoms with Crippen molar-refractivity contribution >= 4 is 34.6 Å². The zero-order valence-electron chi connectivity index (χ0n) is 10.4. The molecule has 0 aromatic heterocycles. The fraction of sp³-hybridized carbons (Fsp3) is 0.429. The Hall–Kier alpha value is -0.910. The maximum Gasteiger partial charge on any atom is 0.227 e. The molecule has 1 saturated carbocycles. The van der Waals surface area contributed by atoms with Crippen LogP contribution in [0.3, 0.4) is 0 Å². The van der Waals surface area contributed by atoms with Gasteiger partial charge >= 0.3 is 0 Å². The molecule has 1 aromatic rings. The number of hydrogen-bond acceptors (Lipinski definition) is 2. The quantitative estimate of drug-likeness (QED) is 0.268. The molecule has 1 atom stereocenters. The second-order valence-electron chi connectivity index (χ2n) is 4.91. The summed E-state index contributed by atoms with van der Waals surface area (Å²) in [7, 11) is 0. The molecule has 0 radical (unpaired) electrons. The Morgan fingerprint density at radius 1 is 1.33 bits per heavy atom. The minimum absolute atomic E-state index is 0.0607. The van der Waals surface area contributed by atoms with Crippen molar-refractivity contribution < 1.29 is 9.53 Å². The fourth-order valence-electron chi connectivity index (χ4n) is 2.22. The fourth-order valence-corrected chi connectivity index (χ4v) is 2.58. The van der Waals surface area contributed by atoms with Crippen molar-refractivity contribution in [1.29, 1.82) is 0 Å². The van der Waals surface area contributed by atoms with Crippen molar-refractivity contribution in [2.75, 3.05) is 0 Å². The Kier molecular flexibility index (Phi) is 4.04. The normalized spacial score (nSPS) is 25.2. The van der Waals surface area contributed by atoms with Crippen molar-refractivity contribution in [2.45, 2.75) is 38.1 Å². The molecule has 3 nitrogen and oxygen atoms in total. The van der Waals surface area contributed by atoms with Crippen LogP contribution in [0.25, 0.3) is 0 Å². The molecule has 0 unspecified atom stereocenters. The second kappa shape index (κ2) is 5.38. The molecule has 0 heterocycles. The number of benzene rings is 1. The summed E-state index contributed by atoms with van der Waals surface area (Å²) in [5.41, 5.74) is -0.0358. The van der Waals surface area contributed by atoms with E-state index in [-0.39, 0.29) is 5.78 Å². The highest BCUT2D eigenvalue weighted by atomic mass is 127. The molecule has 1 aliphatic carbocycles. The van der Waals surface area contributed by atoms with Gasteiger partial charge in [0.15, 0.2) is 6.21 Å². The molecule has 0 bridgehead atoms. The van der Waals surface area contributed by atoms with Gasteiger partial charge in [0.05, 0.1) is 0 Å². The van der Waals surface area contributed by atoms with E-state index in [1.807, 2.05) is 24.3 Å². The van der Waals surface area contributed by atoms with E-state index >= 15 is 0 Å². The summed E-state index contributed by atoms with van der Waals surface area (Å²) < 4.78 is 1.97. The number of rotatable bonds is 2. The molecule has 2 rings (SSSR count). The maximum absolute atomic E-state index is 12.2. The molecule has 18 heavy (non-hydrogen) atoms. The molecule has 0 spiro atoms. The molecule has 4 heteroatoms. The van der Waals surface area contributed by atoms with Crippen molar-refractivity contribution in [3.05, 3.63) is 38.6 Å². The van der Waals surface area contributed by atoms with Crippen LogP contribution in [0.15, 0.2) is 24.3 Å². The Balaban J connectivity index is 2.26. The number of carbonyl (C=O) groups is 1. The number of carbonyl (C=O) groups excluding carboxylic acids is 1. The summed E-state index contributed by atoms with van der Waals surface area (Å²) in [5.74, 6) is 0.0607. The van der Waals surface area contributed by atoms with Gasteiger partial charge in [-0.25, -0.2) is 0 Å². The Morgan fingerprint density at radius 3 is 2.61 bits per heavy atom. The molecule has 0 N–H and O–H groups in total. The van der Waals surface area contributed by atoms with Gasteiger partial charge in [-0.15, -0.1) is 0 Å². The predicted molar refractivity (Wildman–Crippen MR) is 79.8 cm³/mol. The molecule has 96 valence electrons. The summed E-state index contributed by atoms with van der Waals surface area (Å²) in [6, 6.07) is 7.68. The average Bonchev–Trinajstić information content (AvgIpc) is 2.36. The van der Waals surface area contributed by atoms with Crippen LogP contribution in [0, 0.1) is 8.78 Å². The third-order valence-electron chi connectivity index (χ3n) is 3.54. The van der Waals surface area contributed by atoms with E-state index in [0.717, 1.165) is 26.7 Å². The molecule has 0 saturated heterocycles. The molecule has 1 aliphatic rings. The largest absolute Gasteiger partial charge is 0.623 e. The van der Waals surface area contributed by atoms with E-state index in [1.54, 1.807) is 6.92 Å². The van der Waals surface area contributed by atoms with E-state index < -0.39 is 5.54 Å². The van der Waals surface area contributed by atoms with Crippen LogP contribution in [-0.4, -0.2) is 22.3 Å². The van der Waals surface area contributed by atoms with E-state index in [0.29, 0.717) is 12.8 Å². The van der Waals surface area contributed by atoms with E-state index in [1.165, 1.54) is 6.21 Å². The van der Waals surface area contributed by atoms with Crippen molar-refractivity contribution in [1.82, 2.24) is 0 Å². The van der Waals surface area contributed by atoms with Crippen LogP contribution in [0.2, 0.25) is 0 Å². The highest BCUT2D eigenvalue weighted by molar-refractivity contribution is 14.1. The minimum atomic E-state index is -0.874. The Labute approximate surface area is 121 Å². The molecular formula is C14H16INO2. The van der Waals surface area contributed by atoms with Crippen molar-refractivity contribution in [3.8, 4) is 0 Å². The number of halogens is 1. The lowest BCUT2D eigenvalue weighted by Crippen LogP contribution is -2.46. The van der Waals surface area contributed by atoms with Gasteiger partial charge in [-0.2, -0.15) is 4.74 Å². The zero-order chi connectivity index (χ0) is 13.2. The summed E-state index contributed by atoms with van der Waals surface area (Å²) in [6.45, 7) is 1.75. The molecule has 0 amide bonds. The lowest BCUT2D eigenvalue weighted by atomic mass is 9.82. The summed E-state index contributed by atoms with van der Waals surface area (Å²) >= 11 is 2.22. The van der Waals surface area contributed by atoms with Gasteiger partial charge in [0.2, 0.25) is 11.3 Å². The number of ketones is 1. The highest BCUT2D eigenvalue weighted by Crippen LogP contribution is 2.27. The Bertz CT molecular complexity index is 481. The first-order chi connectivity index (χ1) is 8.52. The van der Waals surface area contributed by atoms with Crippen LogP contribution in [0.1, 0.15) is 38.2 Å². The van der Waals surface area contributed by atoms with Gasteiger partial charge in [-0.05, 0) is 59.7 Å². The first-order valence-electron chi connectivity index (χ1n) is 6.12. The standard InChI is InChI=1S/C14H16INO2/c1-14(9-3-2-4-13(14)17)16(18)10-11-5-7-12(15)8-6-11/h5-8,10H,2-4,9H2,1H3/b16-10-/t14-/m1/s1. The van der Waals surface area contributed by atoms with Crippen LogP contribution >= 0.6 is 22.6 Å². The van der Waals surface area contributed by atoms with Crippen LogP contribution in [0.4, 0.5) is 0 Å². The monoisotopic (exact) mass is 357 g/mol. The van der Waals surface area contributed by atoms with Crippen LogP contribution < -0.4 is 0 Å². The Morgan fingerprint density at radius 2 is 2.00 bits per heavy atom. The number of hydroxylamine groups is 1. The van der Waals surface area contributed by atoms with Gasteiger partial charge in [0, 0.05) is 28.9 Å². The van der Waals surface area contributed by atoms with E-state index in [2.05, 4.69) is 22.6 Å². The van der Waals surface area contributed by atoms with E-state index in [4.69, 9.17) is 0 Å². The first-order valence-corrected chi connectivity index (χ1v) is 7.20. The topological polar surface area (TPSA) is 43.1 Å². The van der Waals surface area contributed by atoms with Gasteiger partial charge in [-0.3, -0.25) is 4.79 Å². The third-order valence-corrected chi connectivity index (χ3v) is 4.26. The lowest BCUT2D eigenvalue weighted by molar-refractivity contribution is -0.525. The number of hydrogen-bond donors (Lipinski definition) is 0. The summed E-state index contributed by atoms with van der Waals surface area (Å²) in [5, 5.41) is 12.2. The predicted octanol–water partition coefficient (Wildman–Crippen LogP) is 3.12. The second-order valence-corrected chi connectivity index (χ2v) is 6.16. The molecule has 0 aliphatic heterocycles. The first kappa shape index (κ1) is 13.5. The maximum atomic E-state index is 12.2. The van der Waals surface area contributed by atoms with Gasteiger partial charge in [-0.1, -0.05) is 0 Å². The minimum Gasteiger partial charge on any atom is -0.623 e. The van der Waals surface area contributed by atoms with Gasteiger partial charge < -0.3 is 5.21 Å². The van der Waals surface area contributed by atoms with Crippen LogP contribution in [0.5, 0.6) is 0 Å². The highest BCUT2D eigenvalue weighted by Gasteiger charge is 2.42. The van der Waals surface area contributed by atoms with Gasteiger partial charge in [0.25, 0.3) is 0 Å². The summed E-state index contributed by atoms with van der Waals surface area (Å²) in [4.78, 5) is 11.9. The number of Topliss-reactive ketones (excluding diaryl/α,β-unsaturated/α-hetero) is 1. The lowest BCUT2D eigenvalue weighted by Gasteiger charge is -2.30. The SMILES string of the molecule is C[C@@]1(/[N+]([O-])=C/c2ccc(I)cc2)CCCCC1=O. The third kappa shape index (κ3) is 2.74. The average molecular weight is 357 g/mol. The smallest absolute Gasteiger partial charge is 0.227 e. The molecule has 1 aromatic carbocycles. The zero-order valence-corrected chi connectivity index (χ0v) is 12.5. The summed E-state index contributed by atoms with van der Waals surface area (Å²) in [6.07, 6.45) is 4.55. The molecule has 1 fully saturated rings.